The van der Waals surface area contributed by atoms with Gasteiger partial charge in [-0.2, -0.15) is 0 Å². The molecule has 2 saturated heterocycles. The molecule has 0 bridgehead atoms. The van der Waals surface area contributed by atoms with Gasteiger partial charge in [0.25, 0.3) is 0 Å². The molecule has 14 heteroatoms. The smallest absolute Gasteiger partial charge is 0.333 e. The molecule has 2 heterocycles. The summed E-state index contributed by atoms with van der Waals surface area (Å²) in [6, 6.07) is 0. The van der Waals surface area contributed by atoms with Crippen LogP contribution in [-0.2, 0) is 28.5 Å². The van der Waals surface area contributed by atoms with E-state index >= 15 is 0 Å². The van der Waals surface area contributed by atoms with Crippen molar-refractivity contribution in [3.8, 4) is 0 Å². The van der Waals surface area contributed by atoms with Gasteiger partial charge in [0.2, 0.25) is 0 Å². The van der Waals surface area contributed by atoms with Gasteiger partial charge in [-0.3, -0.25) is 0 Å². The highest BCUT2D eigenvalue weighted by molar-refractivity contribution is 5.87. The van der Waals surface area contributed by atoms with Crippen LogP contribution in [0.2, 0.25) is 0 Å². The van der Waals surface area contributed by atoms with Gasteiger partial charge in [0, 0.05) is 5.57 Å². The maximum Gasteiger partial charge on any atom is 0.333 e. The zero-order chi connectivity index (χ0) is 34.6. The Bertz CT molecular complexity index is 1040. The molecule has 0 unspecified atom stereocenters. The zero-order valence-electron chi connectivity index (χ0n) is 26.9. The van der Waals surface area contributed by atoms with E-state index < -0.39 is 92.3 Å². The molecule has 0 aromatic carbocycles. The third-order valence-electron chi connectivity index (χ3n) is 8.06. The lowest BCUT2D eigenvalue weighted by Gasteiger charge is -2.47. The fourth-order valence-corrected chi connectivity index (χ4v) is 5.13. The lowest BCUT2D eigenvalue weighted by Crippen LogP contribution is -2.65. The van der Waals surface area contributed by atoms with Crippen molar-refractivity contribution >= 4 is 5.97 Å². The fourth-order valence-electron chi connectivity index (χ4n) is 5.13. The monoisotopic (exact) mass is 660 g/mol. The van der Waals surface area contributed by atoms with Gasteiger partial charge in [0.05, 0.1) is 32.0 Å². The molecule has 0 saturated carbocycles. The van der Waals surface area contributed by atoms with Crippen molar-refractivity contribution < 1.29 is 69.3 Å². The first-order valence-corrected chi connectivity index (χ1v) is 15.4. The Morgan fingerprint density at radius 1 is 0.891 bits per heavy atom. The maximum absolute atomic E-state index is 11.5. The molecule has 0 radical (unpaired) electrons. The number of carbonyl (C=O) groups is 1. The molecule has 12 atom stereocenters. The number of carbonyl (C=O) groups excluding carboxylic acids is 1. The molecule has 2 aliphatic heterocycles. The third-order valence-corrected chi connectivity index (χ3v) is 8.06. The summed E-state index contributed by atoms with van der Waals surface area (Å²) < 4.78 is 27.7. The Labute approximate surface area is 269 Å². The van der Waals surface area contributed by atoms with Crippen LogP contribution in [0.25, 0.3) is 0 Å². The van der Waals surface area contributed by atoms with Gasteiger partial charge < -0.3 is 64.5 Å². The number of aliphatic hydroxyl groups excluding tert-OH is 8. The molecule has 0 aliphatic carbocycles. The zero-order valence-corrected chi connectivity index (χ0v) is 26.9. The number of allylic oxidation sites excluding steroid dienone is 3. The van der Waals surface area contributed by atoms with Gasteiger partial charge in [-0.15, -0.1) is 6.58 Å². The van der Waals surface area contributed by atoms with Crippen LogP contribution in [0.4, 0.5) is 0 Å². The van der Waals surface area contributed by atoms with E-state index in [0.717, 1.165) is 18.4 Å². The summed E-state index contributed by atoms with van der Waals surface area (Å²) in [6.07, 6.45) is -4.41. The molecule has 0 aromatic heterocycles. The molecular weight excluding hydrogens is 608 g/mol. The molecular formula is C32H52O14. The molecule has 2 aliphatic rings. The quantitative estimate of drug-likeness (QED) is 0.0427. The van der Waals surface area contributed by atoms with Gasteiger partial charge >= 0.3 is 5.97 Å². The number of aliphatic hydroxyl groups is 8. The van der Waals surface area contributed by atoms with Crippen LogP contribution in [0.1, 0.15) is 52.9 Å². The number of unbranched alkanes of at least 4 members (excludes halogenated alkanes) is 1. The molecule has 0 spiro atoms. The molecule has 264 valence electrons. The SMILES string of the molecule is C=C[C@](C)(CC/C=C/CC/C=C(\C)C[C@@H](O)/C=C(\C)C(=O)OC)O[C@@H]1O[C@H](CO)[C@@H](O)[C@H](O)[C@H]1O[C@@H]1O[C@H](CO)[C@@H](O)[C@H](O)[C@H]1O. The van der Waals surface area contributed by atoms with Gasteiger partial charge in [-0.05, 0) is 59.0 Å². The first kappa shape index (κ1) is 40.1. The highest BCUT2D eigenvalue weighted by Crippen LogP contribution is 2.33. The molecule has 2 fully saturated rings. The molecule has 8 N–H and O–H groups in total. The van der Waals surface area contributed by atoms with Crippen molar-refractivity contribution in [1.82, 2.24) is 0 Å². The minimum atomic E-state index is -1.77. The Kier molecular flexibility index (Phi) is 16.6. The summed E-state index contributed by atoms with van der Waals surface area (Å²) in [5.41, 5.74) is 0.273. The number of ether oxygens (including phenoxy) is 5. The van der Waals surface area contributed by atoms with Crippen LogP contribution < -0.4 is 0 Å². The van der Waals surface area contributed by atoms with Crippen molar-refractivity contribution in [2.45, 2.75) is 126 Å². The Morgan fingerprint density at radius 3 is 2.07 bits per heavy atom. The van der Waals surface area contributed by atoms with Crippen LogP contribution >= 0.6 is 0 Å². The van der Waals surface area contributed by atoms with E-state index in [0.29, 0.717) is 24.8 Å². The number of methoxy groups -OCH3 is 1. The van der Waals surface area contributed by atoms with E-state index in [-0.39, 0.29) is 0 Å². The van der Waals surface area contributed by atoms with Crippen molar-refractivity contribution in [3.63, 3.8) is 0 Å². The second-order valence-electron chi connectivity index (χ2n) is 11.9. The van der Waals surface area contributed by atoms with Gasteiger partial charge in [-0.1, -0.05) is 29.9 Å². The number of hydrogen-bond donors (Lipinski definition) is 8. The largest absolute Gasteiger partial charge is 0.466 e. The van der Waals surface area contributed by atoms with Crippen molar-refractivity contribution in [1.29, 1.82) is 0 Å². The highest BCUT2D eigenvalue weighted by atomic mass is 16.8. The van der Waals surface area contributed by atoms with Crippen LogP contribution in [0.15, 0.2) is 48.1 Å². The molecule has 2 rings (SSSR count). The minimum absolute atomic E-state index is 0.343. The lowest BCUT2D eigenvalue weighted by molar-refractivity contribution is -0.375. The molecule has 0 aromatic rings. The number of esters is 1. The van der Waals surface area contributed by atoms with Gasteiger partial charge in [0.15, 0.2) is 12.6 Å². The molecule has 46 heavy (non-hydrogen) atoms. The van der Waals surface area contributed by atoms with E-state index in [1.54, 1.807) is 13.8 Å². The van der Waals surface area contributed by atoms with Crippen molar-refractivity contribution in [2.24, 2.45) is 0 Å². The maximum atomic E-state index is 11.5. The summed E-state index contributed by atoms with van der Waals surface area (Å²) in [4.78, 5) is 11.5. The first-order valence-electron chi connectivity index (χ1n) is 15.4. The van der Waals surface area contributed by atoms with Gasteiger partial charge in [-0.25, -0.2) is 4.79 Å². The minimum Gasteiger partial charge on any atom is -0.466 e. The van der Waals surface area contributed by atoms with Crippen LogP contribution in [0, 0.1) is 0 Å². The Balaban J connectivity index is 1.99. The average molecular weight is 661 g/mol. The summed E-state index contributed by atoms with van der Waals surface area (Å²) in [7, 11) is 1.28. The average Bonchev–Trinajstić information content (AvgIpc) is 3.03. The first-order chi connectivity index (χ1) is 21.7. The second-order valence-corrected chi connectivity index (χ2v) is 11.9. The summed E-state index contributed by atoms with van der Waals surface area (Å²) in [5, 5.41) is 81.4. The fraction of sp³-hybridized carbons (Fsp3) is 0.719. The van der Waals surface area contributed by atoms with E-state index in [4.69, 9.17) is 18.9 Å². The summed E-state index contributed by atoms with van der Waals surface area (Å²) in [5.74, 6) is -0.484. The topological polar surface area (TPSA) is 225 Å². The Hall–Kier alpha value is -2.05. The van der Waals surface area contributed by atoms with E-state index in [9.17, 15) is 45.6 Å². The number of rotatable bonds is 17. The van der Waals surface area contributed by atoms with E-state index in [1.165, 1.54) is 19.3 Å². The summed E-state index contributed by atoms with van der Waals surface area (Å²) >= 11 is 0. The second kappa shape index (κ2) is 19.1. The van der Waals surface area contributed by atoms with Gasteiger partial charge in [0.1, 0.15) is 48.8 Å². The van der Waals surface area contributed by atoms with Crippen LogP contribution in [0.3, 0.4) is 0 Å². The van der Waals surface area contributed by atoms with Crippen molar-refractivity contribution in [3.05, 3.63) is 48.1 Å². The molecule has 0 amide bonds. The van der Waals surface area contributed by atoms with E-state index in [2.05, 4.69) is 11.3 Å². The Morgan fingerprint density at radius 2 is 1.48 bits per heavy atom. The highest BCUT2D eigenvalue weighted by Gasteiger charge is 2.51. The van der Waals surface area contributed by atoms with E-state index in [1.807, 2.05) is 25.2 Å². The van der Waals surface area contributed by atoms with Crippen LogP contribution in [-0.4, -0.2) is 140 Å². The summed E-state index contributed by atoms with van der Waals surface area (Å²) in [6.45, 7) is 7.72. The van der Waals surface area contributed by atoms with Crippen molar-refractivity contribution in [2.75, 3.05) is 20.3 Å². The third kappa shape index (κ3) is 11.3. The molecule has 14 nitrogen and oxygen atoms in total. The predicted molar refractivity (Wildman–Crippen MR) is 164 cm³/mol. The normalized spacial score (nSPS) is 34.7. The predicted octanol–water partition coefficient (Wildman–Crippen LogP) is -0.495. The van der Waals surface area contributed by atoms with Crippen LogP contribution in [0.5, 0.6) is 0 Å². The standard InChI is InChI=1S/C32H52O14/c1-6-32(4,13-11-9-7-8-10-12-18(2)14-20(35)15-19(3)29(41)42-5)46-31-28(26(39)24(37)22(17-34)44-31)45-30-27(40)25(38)23(36)21(16-33)43-30/h6-7,9,12,15,20-28,30-31,33-40H,1,8,10-11,13-14,16-17H2,2-5H3/b9-7+,18-12+,19-15+/t20-,21-,22-,23-,24-,25+,26+,27-,28-,30+,31+,32-/m1/s1. The number of hydrogen-bond acceptors (Lipinski definition) is 14. The lowest BCUT2D eigenvalue weighted by atomic mass is 9.96.